The second kappa shape index (κ2) is 6.69. The maximum absolute atomic E-state index is 5.54. The van der Waals surface area contributed by atoms with Gasteiger partial charge in [0.05, 0.1) is 19.8 Å². The first-order valence-corrected chi connectivity index (χ1v) is 7.82. The van der Waals surface area contributed by atoms with E-state index in [1.54, 1.807) is 14.2 Å². The van der Waals surface area contributed by atoms with Crippen molar-refractivity contribution >= 4 is 11.2 Å². The molecule has 0 aliphatic rings. The quantitative estimate of drug-likeness (QED) is 0.692. The maximum Gasteiger partial charge on any atom is 0.160 e. The number of pyridine rings is 1. The summed E-state index contributed by atoms with van der Waals surface area (Å²) < 4.78 is 13.0. The van der Waals surface area contributed by atoms with Crippen molar-refractivity contribution in [2.75, 3.05) is 14.2 Å². The molecule has 0 aliphatic carbocycles. The van der Waals surface area contributed by atoms with Crippen molar-refractivity contribution in [1.29, 1.82) is 0 Å². The Morgan fingerprint density at radius 3 is 2.74 bits per heavy atom. The predicted octanol–water partition coefficient (Wildman–Crippen LogP) is 3.92. The topological polar surface area (TPSA) is 49.2 Å². The Morgan fingerprint density at radius 1 is 1.13 bits per heavy atom. The fourth-order valence-corrected chi connectivity index (χ4v) is 2.68. The summed E-state index contributed by atoms with van der Waals surface area (Å²) in [5.41, 5.74) is 2.76. The number of aryl methyl sites for hydroxylation is 1. The zero-order valence-corrected chi connectivity index (χ0v) is 13.7. The Morgan fingerprint density at radius 2 is 2.00 bits per heavy atom. The van der Waals surface area contributed by atoms with E-state index in [4.69, 9.17) is 14.5 Å². The van der Waals surface area contributed by atoms with E-state index >= 15 is 0 Å². The Labute approximate surface area is 135 Å². The molecular weight excluding hydrogens is 290 g/mol. The van der Waals surface area contributed by atoms with Gasteiger partial charge in [-0.05, 0) is 30.7 Å². The van der Waals surface area contributed by atoms with Gasteiger partial charge in [0.2, 0.25) is 0 Å². The van der Waals surface area contributed by atoms with Gasteiger partial charge in [-0.25, -0.2) is 9.97 Å². The molecule has 0 amide bonds. The van der Waals surface area contributed by atoms with Gasteiger partial charge in [0.15, 0.2) is 5.65 Å². The van der Waals surface area contributed by atoms with Crippen LogP contribution >= 0.6 is 0 Å². The lowest BCUT2D eigenvalue weighted by molar-refractivity contribution is 0.395. The van der Waals surface area contributed by atoms with Crippen LogP contribution in [0.25, 0.3) is 22.6 Å². The molecule has 0 N–H and O–H groups in total. The van der Waals surface area contributed by atoms with Gasteiger partial charge in [0, 0.05) is 18.8 Å². The van der Waals surface area contributed by atoms with Crippen LogP contribution in [0.4, 0.5) is 0 Å². The summed E-state index contributed by atoms with van der Waals surface area (Å²) >= 11 is 0. The SMILES string of the molecule is CCCCn1c(-c2ccc(OC)cc2OC)nc2cccnc21. The van der Waals surface area contributed by atoms with Gasteiger partial charge in [-0.15, -0.1) is 0 Å². The molecule has 3 aromatic rings. The van der Waals surface area contributed by atoms with Crippen LogP contribution in [0.3, 0.4) is 0 Å². The number of imidazole rings is 1. The summed E-state index contributed by atoms with van der Waals surface area (Å²) in [7, 11) is 3.31. The molecule has 3 rings (SSSR count). The van der Waals surface area contributed by atoms with Crippen molar-refractivity contribution in [3.05, 3.63) is 36.5 Å². The van der Waals surface area contributed by atoms with Gasteiger partial charge in [-0.2, -0.15) is 0 Å². The molecule has 0 radical (unpaired) electrons. The molecule has 0 saturated heterocycles. The van der Waals surface area contributed by atoms with Crippen molar-refractivity contribution in [3.63, 3.8) is 0 Å². The number of fused-ring (bicyclic) bond motifs is 1. The number of methoxy groups -OCH3 is 2. The fourth-order valence-electron chi connectivity index (χ4n) is 2.68. The molecule has 0 atom stereocenters. The van der Waals surface area contributed by atoms with Crippen molar-refractivity contribution in [2.45, 2.75) is 26.3 Å². The van der Waals surface area contributed by atoms with E-state index in [0.29, 0.717) is 0 Å². The molecule has 0 spiro atoms. The summed E-state index contributed by atoms with van der Waals surface area (Å²) in [4.78, 5) is 9.28. The lowest BCUT2D eigenvalue weighted by atomic mass is 10.1. The van der Waals surface area contributed by atoms with Crippen LogP contribution in [0.1, 0.15) is 19.8 Å². The molecular formula is C18H21N3O2. The highest BCUT2D eigenvalue weighted by molar-refractivity contribution is 5.79. The highest BCUT2D eigenvalue weighted by atomic mass is 16.5. The van der Waals surface area contributed by atoms with Crippen molar-refractivity contribution in [2.24, 2.45) is 0 Å². The van der Waals surface area contributed by atoms with Gasteiger partial charge >= 0.3 is 0 Å². The van der Waals surface area contributed by atoms with Gasteiger partial charge in [0.25, 0.3) is 0 Å². The van der Waals surface area contributed by atoms with E-state index in [0.717, 1.165) is 53.4 Å². The number of ether oxygens (including phenoxy) is 2. The molecule has 0 saturated carbocycles. The number of hydrogen-bond donors (Lipinski definition) is 0. The molecule has 2 heterocycles. The Kier molecular flexibility index (Phi) is 4.46. The minimum absolute atomic E-state index is 0.748. The molecule has 0 aliphatic heterocycles. The average molecular weight is 311 g/mol. The Bertz CT molecular complexity index is 811. The summed E-state index contributed by atoms with van der Waals surface area (Å²) in [6, 6.07) is 9.70. The zero-order chi connectivity index (χ0) is 16.2. The number of hydrogen-bond acceptors (Lipinski definition) is 4. The van der Waals surface area contributed by atoms with Crippen LogP contribution in [-0.2, 0) is 6.54 Å². The van der Waals surface area contributed by atoms with Crippen LogP contribution in [0, 0.1) is 0 Å². The van der Waals surface area contributed by atoms with E-state index in [-0.39, 0.29) is 0 Å². The molecule has 2 aromatic heterocycles. The van der Waals surface area contributed by atoms with Gasteiger partial charge in [0.1, 0.15) is 22.8 Å². The van der Waals surface area contributed by atoms with Crippen molar-refractivity contribution in [1.82, 2.24) is 14.5 Å². The van der Waals surface area contributed by atoms with Crippen molar-refractivity contribution in [3.8, 4) is 22.9 Å². The molecule has 0 fully saturated rings. The maximum atomic E-state index is 5.54. The average Bonchev–Trinajstić information content (AvgIpc) is 2.97. The first-order valence-electron chi connectivity index (χ1n) is 7.82. The van der Waals surface area contributed by atoms with E-state index in [9.17, 15) is 0 Å². The van der Waals surface area contributed by atoms with Crippen LogP contribution < -0.4 is 9.47 Å². The molecule has 1 aromatic carbocycles. The fraction of sp³-hybridized carbons (Fsp3) is 0.333. The van der Waals surface area contributed by atoms with Crippen LogP contribution in [0.2, 0.25) is 0 Å². The molecule has 23 heavy (non-hydrogen) atoms. The molecule has 5 nitrogen and oxygen atoms in total. The first-order chi connectivity index (χ1) is 11.3. The lowest BCUT2D eigenvalue weighted by Gasteiger charge is -2.12. The number of unbranched alkanes of at least 4 members (excludes halogenated alkanes) is 1. The van der Waals surface area contributed by atoms with Gasteiger partial charge in [-0.3, -0.25) is 0 Å². The molecule has 120 valence electrons. The van der Waals surface area contributed by atoms with Crippen LogP contribution in [-0.4, -0.2) is 28.8 Å². The monoisotopic (exact) mass is 311 g/mol. The summed E-state index contributed by atoms with van der Waals surface area (Å²) in [6.45, 7) is 3.06. The van der Waals surface area contributed by atoms with Crippen LogP contribution in [0.15, 0.2) is 36.5 Å². The van der Waals surface area contributed by atoms with E-state index in [2.05, 4.69) is 16.5 Å². The normalized spacial score (nSPS) is 10.9. The third-order valence-corrected chi connectivity index (χ3v) is 3.89. The number of nitrogens with zero attached hydrogens (tertiary/aromatic N) is 3. The highest BCUT2D eigenvalue weighted by Gasteiger charge is 2.17. The Hall–Kier alpha value is -2.56. The zero-order valence-electron chi connectivity index (χ0n) is 13.7. The lowest BCUT2D eigenvalue weighted by Crippen LogP contribution is -2.02. The first kappa shape index (κ1) is 15.3. The number of rotatable bonds is 6. The summed E-state index contributed by atoms with van der Waals surface area (Å²) in [5, 5.41) is 0. The minimum Gasteiger partial charge on any atom is -0.497 e. The largest absolute Gasteiger partial charge is 0.497 e. The second-order valence-electron chi connectivity index (χ2n) is 5.35. The third-order valence-electron chi connectivity index (χ3n) is 3.89. The van der Waals surface area contributed by atoms with Crippen LogP contribution in [0.5, 0.6) is 11.5 Å². The predicted molar refractivity (Wildman–Crippen MR) is 91.0 cm³/mol. The van der Waals surface area contributed by atoms with E-state index in [1.165, 1.54) is 0 Å². The number of aromatic nitrogens is 3. The highest BCUT2D eigenvalue weighted by Crippen LogP contribution is 2.34. The number of benzene rings is 1. The summed E-state index contributed by atoms with van der Waals surface area (Å²) in [5.74, 6) is 2.39. The smallest absolute Gasteiger partial charge is 0.160 e. The van der Waals surface area contributed by atoms with E-state index < -0.39 is 0 Å². The van der Waals surface area contributed by atoms with Gasteiger partial charge < -0.3 is 14.0 Å². The van der Waals surface area contributed by atoms with E-state index in [1.807, 2.05) is 36.5 Å². The van der Waals surface area contributed by atoms with Gasteiger partial charge in [-0.1, -0.05) is 13.3 Å². The molecule has 0 unspecified atom stereocenters. The third kappa shape index (κ3) is 2.86. The summed E-state index contributed by atoms with van der Waals surface area (Å²) in [6.07, 6.45) is 4.00. The minimum atomic E-state index is 0.748. The van der Waals surface area contributed by atoms with Crippen molar-refractivity contribution < 1.29 is 9.47 Å². The Balaban J connectivity index is 2.18. The molecule has 0 bridgehead atoms. The second-order valence-corrected chi connectivity index (χ2v) is 5.35. The molecule has 5 heteroatoms. The standard InChI is InChI=1S/C18H21N3O2/c1-4-5-11-21-17(20-15-7-6-10-19-18(15)21)14-9-8-13(22-2)12-16(14)23-3/h6-10,12H,4-5,11H2,1-3H3.